The van der Waals surface area contributed by atoms with Crippen molar-refractivity contribution in [2.24, 2.45) is 5.92 Å². The van der Waals surface area contributed by atoms with Crippen molar-refractivity contribution < 1.29 is 49.3 Å². The number of imidazole rings is 1. The maximum atomic E-state index is 13.2. The molecule has 2 atom stereocenters. The summed E-state index contributed by atoms with van der Waals surface area (Å²) in [5, 5.41) is 15.6. The van der Waals surface area contributed by atoms with Crippen molar-refractivity contribution in [2.75, 3.05) is 6.54 Å². The van der Waals surface area contributed by atoms with Gasteiger partial charge < -0.3 is 15.5 Å². The molecule has 3 amide bonds. The Bertz CT molecular complexity index is 1550. The molecule has 1 aliphatic carbocycles. The molecule has 2 N–H and O–H groups in total. The highest BCUT2D eigenvalue weighted by molar-refractivity contribution is 5.93. The molecule has 0 aromatic carbocycles. The van der Waals surface area contributed by atoms with Crippen LogP contribution in [0.3, 0.4) is 0 Å². The number of nitrogens with zero attached hydrogens (tertiary/aromatic N) is 6. The van der Waals surface area contributed by atoms with E-state index < -0.39 is 73.5 Å². The zero-order chi connectivity index (χ0) is 31.8. The molecule has 3 aromatic heterocycles. The van der Waals surface area contributed by atoms with Gasteiger partial charge >= 0.3 is 18.4 Å². The number of nitrogens with one attached hydrogen (secondary N) is 2. The Balaban J connectivity index is 1.38. The number of hydrogen-bond donors (Lipinski definition) is 2. The standard InChI is InChI=1S/C25H24F8N8O3/c26-21(27)14-3-1-13(2-4-14)19(37-22(42)20-15(38-44-39-20)5-6-24(28,29)30)16-10-41-18(35-16)7-12(8-34-41)9-40-11-17(25(31,32)33)36-23(40)43/h7-8,10,13,17,19H,1-6,9,11H2,(H,36,43)(H,37,42)/t17-,19+/m0/s1. The third-order valence-electron chi connectivity index (χ3n) is 7.55. The van der Waals surface area contributed by atoms with Gasteiger partial charge in [-0.1, -0.05) is 5.16 Å². The Hall–Kier alpha value is -4.32. The van der Waals surface area contributed by atoms with E-state index in [-0.39, 0.29) is 54.8 Å². The van der Waals surface area contributed by atoms with Gasteiger partial charge in [-0.15, -0.1) is 0 Å². The number of hydrogen-bond acceptors (Lipinski definition) is 7. The lowest BCUT2D eigenvalue weighted by Crippen LogP contribution is -2.40. The van der Waals surface area contributed by atoms with E-state index in [0.717, 1.165) is 4.90 Å². The number of halogens is 8. The van der Waals surface area contributed by atoms with Crippen molar-refractivity contribution in [1.82, 2.24) is 40.4 Å². The molecule has 44 heavy (non-hydrogen) atoms. The number of aromatic nitrogens is 5. The third-order valence-corrected chi connectivity index (χ3v) is 7.55. The first kappa shape index (κ1) is 31.1. The van der Waals surface area contributed by atoms with Crippen LogP contribution in [0, 0.1) is 5.92 Å². The molecule has 11 nitrogen and oxygen atoms in total. The van der Waals surface area contributed by atoms with Gasteiger partial charge in [0.25, 0.3) is 12.0 Å². The van der Waals surface area contributed by atoms with Crippen molar-refractivity contribution in [3.05, 3.63) is 52.8 Å². The molecule has 1 saturated heterocycles. The van der Waals surface area contributed by atoms with Crippen LogP contribution in [0.1, 0.15) is 65.6 Å². The predicted octanol–water partition coefficient (Wildman–Crippen LogP) is 4.88. The van der Waals surface area contributed by atoms with Crippen molar-refractivity contribution in [2.45, 2.75) is 69.5 Å². The lowest BCUT2D eigenvalue weighted by molar-refractivity contribution is -0.149. The van der Waals surface area contributed by atoms with Crippen LogP contribution in [0.2, 0.25) is 0 Å². The maximum Gasteiger partial charge on any atom is 0.410 e. The van der Waals surface area contributed by atoms with Crippen LogP contribution < -0.4 is 10.6 Å². The van der Waals surface area contributed by atoms with Gasteiger partial charge in [-0.25, -0.2) is 18.9 Å². The van der Waals surface area contributed by atoms with Gasteiger partial charge in [0.2, 0.25) is 0 Å². The van der Waals surface area contributed by atoms with E-state index in [2.05, 4.69) is 30.3 Å². The fourth-order valence-corrected chi connectivity index (χ4v) is 5.26. The molecule has 5 rings (SSSR count). The molecule has 1 aliphatic heterocycles. The molecule has 2 aliphatic rings. The number of urea groups is 1. The summed E-state index contributed by atoms with van der Waals surface area (Å²) in [5.74, 6) is -1.33. The molecule has 1 saturated carbocycles. The zero-order valence-corrected chi connectivity index (χ0v) is 22.6. The molecular formula is C25H24F8N8O3. The number of fused-ring (bicyclic) bond motifs is 1. The molecule has 3 aromatic rings. The first-order valence-electron chi connectivity index (χ1n) is 13.4. The second-order valence-electron chi connectivity index (χ2n) is 10.6. The highest BCUT2D eigenvalue weighted by Gasteiger charge is 2.46. The smallest absolute Gasteiger partial charge is 0.342 e. The van der Waals surface area contributed by atoms with Crippen LogP contribution in [0.15, 0.2) is 34.7 Å². The summed E-state index contributed by atoms with van der Waals surface area (Å²) in [5.41, 5.74) is 0.0283. The number of rotatable bonds is 8. The molecule has 0 radical (unpaired) electrons. The van der Waals surface area contributed by atoms with Crippen molar-refractivity contribution in [1.29, 1.82) is 0 Å². The second-order valence-corrected chi connectivity index (χ2v) is 10.6. The van der Waals surface area contributed by atoms with Crippen LogP contribution in [0.4, 0.5) is 39.9 Å². The number of carbonyl (C=O) groups is 2. The van der Waals surface area contributed by atoms with Gasteiger partial charge in [-0.05, 0) is 54.0 Å². The molecule has 0 spiro atoms. The SMILES string of the molecule is O=C(N[C@@H](c1cn2ncc(CN3C[C@@H](C(F)(F)F)NC3=O)cc2n1)C1CCC(=C(F)F)CC1)c1nonc1CCC(F)(F)F. The van der Waals surface area contributed by atoms with E-state index in [1.54, 1.807) is 0 Å². The third kappa shape index (κ3) is 7.07. The monoisotopic (exact) mass is 636 g/mol. The van der Waals surface area contributed by atoms with Gasteiger partial charge in [0, 0.05) is 19.4 Å². The van der Waals surface area contributed by atoms with Crippen LogP contribution in [-0.4, -0.2) is 66.7 Å². The largest absolute Gasteiger partial charge is 0.410 e. The summed E-state index contributed by atoms with van der Waals surface area (Å²) in [6.07, 6.45) is -9.49. The Morgan fingerprint density at radius 1 is 1.14 bits per heavy atom. The Labute approximate surface area is 242 Å². The summed E-state index contributed by atoms with van der Waals surface area (Å²) in [4.78, 5) is 30.7. The first-order valence-corrected chi connectivity index (χ1v) is 13.4. The number of alkyl halides is 6. The summed E-state index contributed by atoms with van der Waals surface area (Å²) in [6.45, 7) is -0.794. The van der Waals surface area contributed by atoms with E-state index in [1.807, 2.05) is 5.32 Å². The summed E-state index contributed by atoms with van der Waals surface area (Å²) in [6, 6.07) is -2.34. The highest BCUT2D eigenvalue weighted by atomic mass is 19.4. The molecule has 238 valence electrons. The van der Waals surface area contributed by atoms with Gasteiger partial charge in [-0.3, -0.25) is 4.79 Å². The van der Waals surface area contributed by atoms with Gasteiger partial charge in [0.15, 0.2) is 11.3 Å². The lowest BCUT2D eigenvalue weighted by atomic mass is 9.80. The van der Waals surface area contributed by atoms with E-state index in [1.165, 1.54) is 23.0 Å². The lowest BCUT2D eigenvalue weighted by Gasteiger charge is -2.30. The second kappa shape index (κ2) is 12.0. The van der Waals surface area contributed by atoms with Crippen molar-refractivity contribution in [3.63, 3.8) is 0 Å². The number of carbonyl (C=O) groups excluding carboxylic acids is 2. The topological polar surface area (TPSA) is 131 Å². The average molecular weight is 637 g/mol. The first-order chi connectivity index (χ1) is 20.7. The normalized spacial score (nSPS) is 20.2. The van der Waals surface area contributed by atoms with Crippen LogP contribution >= 0.6 is 0 Å². The van der Waals surface area contributed by atoms with E-state index in [4.69, 9.17) is 0 Å². The summed E-state index contributed by atoms with van der Waals surface area (Å²) < 4.78 is 110. The van der Waals surface area contributed by atoms with Crippen molar-refractivity contribution in [3.8, 4) is 0 Å². The molecule has 0 bridgehead atoms. The van der Waals surface area contributed by atoms with E-state index >= 15 is 0 Å². The van der Waals surface area contributed by atoms with Crippen LogP contribution in [0.5, 0.6) is 0 Å². The number of amides is 3. The van der Waals surface area contributed by atoms with Gasteiger partial charge in [0.05, 0.1) is 30.7 Å². The van der Waals surface area contributed by atoms with E-state index in [0.29, 0.717) is 5.56 Å². The van der Waals surface area contributed by atoms with Gasteiger partial charge in [-0.2, -0.15) is 40.2 Å². The molecule has 4 heterocycles. The highest BCUT2D eigenvalue weighted by Crippen LogP contribution is 2.38. The fourth-order valence-electron chi connectivity index (χ4n) is 5.26. The van der Waals surface area contributed by atoms with Crippen LogP contribution in [0.25, 0.3) is 5.65 Å². The minimum absolute atomic E-state index is 0.0125. The minimum atomic E-state index is -4.61. The minimum Gasteiger partial charge on any atom is -0.342 e. The Morgan fingerprint density at radius 2 is 1.86 bits per heavy atom. The Morgan fingerprint density at radius 3 is 2.50 bits per heavy atom. The number of aryl methyl sites for hydroxylation is 1. The average Bonchev–Trinajstić information content (AvgIpc) is 3.68. The Kier molecular flexibility index (Phi) is 8.48. The summed E-state index contributed by atoms with van der Waals surface area (Å²) in [7, 11) is 0. The molecule has 19 heteroatoms. The van der Waals surface area contributed by atoms with E-state index in [9.17, 15) is 44.7 Å². The maximum absolute atomic E-state index is 13.2. The predicted molar refractivity (Wildman–Crippen MR) is 132 cm³/mol. The van der Waals surface area contributed by atoms with Crippen molar-refractivity contribution >= 4 is 17.6 Å². The zero-order valence-electron chi connectivity index (χ0n) is 22.6. The molecule has 0 unspecified atom stereocenters. The number of allylic oxidation sites excluding steroid dienone is 1. The molecule has 2 fully saturated rings. The van der Waals surface area contributed by atoms with Gasteiger partial charge in [0.1, 0.15) is 11.7 Å². The quantitative estimate of drug-likeness (QED) is 0.338. The summed E-state index contributed by atoms with van der Waals surface area (Å²) >= 11 is 0. The fraction of sp³-hybridized carbons (Fsp3) is 0.520. The molecular weight excluding hydrogens is 612 g/mol. The van der Waals surface area contributed by atoms with Crippen LogP contribution in [-0.2, 0) is 13.0 Å².